The van der Waals surface area contributed by atoms with Crippen molar-refractivity contribution < 1.29 is 0 Å². The minimum absolute atomic E-state index is 0.972. The zero-order chi connectivity index (χ0) is 5.56. The van der Waals surface area contributed by atoms with Crippen LogP contribution >= 0.6 is 0 Å². The molecule has 1 unspecified atom stereocenters. The summed E-state index contributed by atoms with van der Waals surface area (Å²) in [4.78, 5) is 2.51. The van der Waals surface area contributed by atoms with Crippen LogP contribution < -0.4 is 0 Å². The molecule has 0 amide bonds. The van der Waals surface area contributed by atoms with E-state index in [1.54, 1.807) is 0 Å². The van der Waals surface area contributed by atoms with Crippen LogP contribution in [0.15, 0.2) is 0 Å². The summed E-state index contributed by atoms with van der Waals surface area (Å²) in [6.45, 7) is 1.38. The van der Waals surface area contributed by atoms with Crippen LogP contribution in [0.1, 0.15) is 19.3 Å². The predicted molar refractivity (Wildman–Crippen MR) is 33.8 cm³/mol. The van der Waals surface area contributed by atoms with Gasteiger partial charge in [0.25, 0.3) is 0 Å². The highest BCUT2D eigenvalue weighted by Crippen LogP contribution is 2.35. The minimum Gasteiger partial charge on any atom is -0.303 e. The maximum absolute atomic E-state index is 2.51. The third-order valence-electron chi connectivity index (χ3n) is 2.68. The molecule has 0 aromatic carbocycles. The normalized spacial score (nSPS) is 46.1. The maximum Gasteiger partial charge on any atom is 0.00955 e. The Hall–Kier alpha value is -0.0400. The molecule has 0 aromatic rings. The van der Waals surface area contributed by atoms with E-state index in [0.29, 0.717) is 0 Å². The van der Waals surface area contributed by atoms with E-state index in [4.69, 9.17) is 0 Å². The van der Waals surface area contributed by atoms with Gasteiger partial charge in [-0.1, -0.05) is 0 Å². The van der Waals surface area contributed by atoms with Crippen molar-refractivity contribution >= 4 is 0 Å². The van der Waals surface area contributed by atoms with Gasteiger partial charge in [-0.15, -0.1) is 0 Å². The number of hydrogen-bond donors (Lipinski definition) is 0. The second kappa shape index (κ2) is 1.47. The second-order valence-electron chi connectivity index (χ2n) is 3.27. The van der Waals surface area contributed by atoms with E-state index in [1.807, 2.05) is 0 Å². The van der Waals surface area contributed by atoms with E-state index >= 15 is 0 Å². The zero-order valence-electron chi connectivity index (χ0n) is 5.43. The first-order valence-corrected chi connectivity index (χ1v) is 3.56. The molecular weight excluding hydrogens is 98.1 g/mol. The summed E-state index contributed by atoms with van der Waals surface area (Å²) < 4.78 is 0. The standard InChI is InChI=1S/C7H13N/c1-8-5-6-2-3-7(8)4-6/h6-7H,2-5H2,1H3/t6-,7?/m0/s1. The van der Waals surface area contributed by atoms with Gasteiger partial charge >= 0.3 is 0 Å². The van der Waals surface area contributed by atoms with Crippen LogP contribution in [0.3, 0.4) is 0 Å². The molecule has 1 saturated heterocycles. The van der Waals surface area contributed by atoms with E-state index in [1.165, 1.54) is 25.8 Å². The third-order valence-corrected chi connectivity index (χ3v) is 2.68. The smallest absolute Gasteiger partial charge is 0.00955 e. The van der Waals surface area contributed by atoms with E-state index in [-0.39, 0.29) is 0 Å². The van der Waals surface area contributed by atoms with Gasteiger partial charge in [-0.2, -0.15) is 0 Å². The van der Waals surface area contributed by atoms with Gasteiger partial charge in [0.1, 0.15) is 0 Å². The molecule has 2 rings (SSSR count). The molecule has 1 aliphatic carbocycles. The Morgan fingerprint density at radius 2 is 2.25 bits per heavy atom. The summed E-state index contributed by atoms with van der Waals surface area (Å²) in [5, 5.41) is 0. The highest BCUT2D eigenvalue weighted by atomic mass is 15.2. The first kappa shape index (κ1) is 4.80. The molecule has 46 valence electrons. The van der Waals surface area contributed by atoms with Crippen LogP contribution in [-0.2, 0) is 0 Å². The lowest BCUT2D eigenvalue weighted by molar-refractivity contribution is 0.261. The van der Waals surface area contributed by atoms with Crippen molar-refractivity contribution in [3.05, 3.63) is 0 Å². The van der Waals surface area contributed by atoms with Gasteiger partial charge in [0.05, 0.1) is 0 Å². The van der Waals surface area contributed by atoms with Crippen molar-refractivity contribution in [3.8, 4) is 0 Å². The van der Waals surface area contributed by atoms with Crippen molar-refractivity contribution in [1.29, 1.82) is 0 Å². The molecule has 2 aliphatic rings. The average Bonchev–Trinajstić information content (AvgIpc) is 2.23. The molecule has 8 heavy (non-hydrogen) atoms. The monoisotopic (exact) mass is 111 g/mol. The highest BCUT2D eigenvalue weighted by molar-refractivity contribution is 4.89. The summed E-state index contributed by atoms with van der Waals surface area (Å²) in [7, 11) is 2.25. The van der Waals surface area contributed by atoms with E-state index < -0.39 is 0 Å². The number of rotatable bonds is 0. The Morgan fingerprint density at radius 1 is 1.38 bits per heavy atom. The predicted octanol–water partition coefficient (Wildman–Crippen LogP) is 1.10. The fraction of sp³-hybridized carbons (Fsp3) is 1.00. The van der Waals surface area contributed by atoms with Crippen molar-refractivity contribution in [2.75, 3.05) is 13.6 Å². The van der Waals surface area contributed by atoms with Gasteiger partial charge in [-0.05, 0) is 32.2 Å². The van der Waals surface area contributed by atoms with Crippen LogP contribution in [0.4, 0.5) is 0 Å². The zero-order valence-corrected chi connectivity index (χ0v) is 5.43. The number of hydrogen-bond acceptors (Lipinski definition) is 1. The SMILES string of the molecule is CN1C[C@H]2CCC1C2. The highest BCUT2D eigenvalue weighted by Gasteiger charge is 2.34. The van der Waals surface area contributed by atoms with Crippen LogP contribution in [0, 0.1) is 5.92 Å². The van der Waals surface area contributed by atoms with Crippen molar-refractivity contribution in [3.63, 3.8) is 0 Å². The molecule has 2 atom stereocenters. The van der Waals surface area contributed by atoms with Crippen molar-refractivity contribution in [2.24, 2.45) is 5.92 Å². The second-order valence-corrected chi connectivity index (χ2v) is 3.27. The number of piperidine rings is 1. The fourth-order valence-electron chi connectivity index (χ4n) is 2.17. The van der Waals surface area contributed by atoms with Gasteiger partial charge in [-0.25, -0.2) is 0 Å². The minimum atomic E-state index is 0.972. The average molecular weight is 111 g/mol. The quantitative estimate of drug-likeness (QED) is 0.452. The molecule has 1 saturated carbocycles. The first-order chi connectivity index (χ1) is 3.86. The Kier molecular flexibility index (Phi) is 0.884. The van der Waals surface area contributed by atoms with Crippen molar-refractivity contribution in [2.45, 2.75) is 25.3 Å². The lowest BCUT2D eigenvalue weighted by Gasteiger charge is -2.20. The molecule has 2 bridgehead atoms. The lowest BCUT2D eigenvalue weighted by Crippen LogP contribution is -2.27. The van der Waals surface area contributed by atoms with E-state index in [0.717, 1.165) is 12.0 Å². The molecule has 1 heteroatoms. The first-order valence-electron chi connectivity index (χ1n) is 3.56. The third kappa shape index (κ3) is 0.510. The summed E-state index contributed by atoms with van der Waals surface area (Å²) in [6.07, 6.45) is 4.48. The van der Waals surface area contributed by atoms with E-state index in [2.05, 4.69) is 11.9 Å². The molecule has 0 N–H and O–H groups in total. The largest absolute Gasteiger partial charge is 0.303 e. The molecular formula is C7H13N. The topological polar surface area (TPSA) is 3.24 Å². The maximum atomic E-state index is 2.51. The fourth-order valence-corrected chi connectivity index (χ4v) is 2.17. The Balaban J connectivity index is 2.11. The Labute approximate surface area is 50.7 Å². The molecule has 1 nitrogen and oxygen atoms in total. The van der Waals surface area contributed by atoms with Gasteiger partial charge in [-0.3, -0.25) is 0 Å². The number of fused-ring (bicyclic) bond motifs is 2. The Bertz CT molecular complexity index is 98.6. The van der Waals surface area contributed by atoms with Gasteiger partial charge < -0.3 is 4.90 Å². The molecule has 0 radical (unpaired) electrons. The van der Waals surface area contributed by atoms with Gasteiger partial charge in [0.15, 0.2) is 0 Å². The lowest BCUT2D eigenvalue weighted by atomic mass is 10.1. The van der Waals surface area contributed by atoms with Gasteiger partial charge in [0, 0.05) is 12.6 Å². The summed E-state index contributed by atoms with van der Waals surface area (Å²) in [6, 6.07) is 0.972. The molecule has 1 aliphatic heterocycles. The summed E-state index contributed by atoms with van der Waals surface area (Å²) in [5.74, 6) is 1.07. The van der Waals surface area contributed by atoms with Crippen LogP contribution in [-0.4, -0.2) is 24.5 Å². The van der Waals surface area contributed by atoms with Crippen molar-refractivity contribution in [1.82, 2.24) is 4.90 Å². The molecule has 0 aromatic heterocycles. The van der Waals surface area contributed by atoms with Crippen LogP contribution in [0.5, 0.6) is 0 Å². The summed E-state index contributed by atoms with van der Waals surface area (Å²) >= 11 is 0. The number of nitrogens with zero attached hydrogens (tertiary/aromatic N) is 1. The Morgan fingerprint density at radius 3 is 2.50 bits per heavy atom. The molecule has 1 heterocycles. The molecule has 2 fully saturated rings. The molecule has 0 spiro atoms. The van der Waals surface area contributed by atoms with E-state index in [9.17, 15) is 0 Å². The van der Waals surface area contributed by atoms with Gasteiger partial charge in [0.2, 0.25) is 0 Å². The number of likely N-dealkylation sites (tertiary alicyclic amines) is 1. The summed E-state index contributed by atoms with van der Waals surface area (Å²) in [5.41, 5.74) is 0. The van der Waals surface area contributed by atoms with Crippen LogP contribution in [0.25, 0.3) is 0 Å². The van der Waals surface area contributed by atoms with Crippen LogP contribution in [0.2, 0.25) is 0 Å².